The number of rotatable bonds is 5. The second-order valence-electron chi connectivity index (χ2n) is 10.5. The maximum Gasteiger partial charge on any atom is 0.293 e. The molecule has 2 fully saturated rings. The standard InChI is InChI=1S/C29H31N5O5/c1-39-24-8-6-23(7-9-24)30-11-13-31(14-12-30)29(36)21-5-10-26(27(16-21)34(37)38)32-17-20-15-22(19-32)25-3-2-4-28(35)33(25)18-20/h2-10,16,20,22H,11-15,17-19H2,1H3/t20-,22+/m1/s1. The van der Waals surface area contributed by atoms with Gasteiger partial charge in [-0.2, -0.15) is 0 Å². The molecule has 10 nitrogen and oxygen atoms in total. The van der Waals surface area contributed by atoms with Crippen LogP contribution in [0.3, 0.4) is 0 Å². The Hall–Kier alpha value is -4.34. The Morgan fingerprint density at radius 1 is 0.949 bits per heavy atom. The highest BCUT2D eigenvalue weighted by molar-refractivity contribution is 5.96. The second kappa shape index (κ2) is 10.1. The number of anilines is 2. The van der Waals surface area contributed by atoms with Crippen LogP contribution in [-0.2, 0) is 6.54 Å². The third-order valence-corrected chi connectivity index (χ3v) is 8.24. The molecule has 0 aliphatic carbocycles. The van der Waals surface area contributed by atoms with Crippen LogP contribution in [0, 0.1) is 16.0 Å². The number of piperidine rings is 1. The van der Waals surface area contributed by atoms with Gasteiger partial charge in [0.2, 0.25) is 0 Å². The maximum atomic E-state index is 13.3. The molecule has 0 radical (unpaired) electrons. The first-order valence-electron chi connectivity index (χ1n) is 13.3. The van der Waals surface area contributed by atoms with Gasteiger partial charge in [0.15, 0.2) is 0 Å². The number of pyridine rings is 1. The lowest BCUT2D eigenvalue weighted by molar-refractivity contribution is -0.384. The van der Waals surface area contributed by atoms with E-state index in [9.17, 15) is 19.7 Å². The van der Waals surface area contributed by atoms with E-state index in [2.05, 4.69) is 9.80 Å². The lowest BCUT2D eigenvalue weighted by Crippen LogP contribution is -2.49. The van der Waals surface area contributed by atoms with E-state index in [-0.39, 0.29) is 29.0 Å². The monoisotopic (exact) mass is 529 g/mol. The van der Waals surface area contributed by atoms with Crippen LogP contribution in [0.25, 0.3) is 0 Å². The van der Waals surface area contributed by atoms with Crippen molar-refractivity contribution in [2.75, 3.05) is 56.2 Å². The number of carbonyl (C=O) groups excluding carboxylic acids is 1. The maximum absolute atomic E-state index is 13.3. The van der Waals surface area contributed by atoms with Crippen LogP contribution in [0.5, 0.6) is 5.75 Å². The minimum Gasteiger partial charge on any atom is -0.497 e. The zero-order chi connectivity index (χ0) is 27.1. The Morgan fingerprint density at radius 2 is 1.72 bits per heavy atom. The number of hydrogen-bond acceptors (Lipinski definition) is 7. The summed E-state index contributed by atoms with van der Waals surface area (Å²) in [6, 6.07) is 18.1. The first kappa shape index (κ1) is 25.0. The average Bonchev–Trinajstić information content (AvgIpc) is 2.97. The third kappa shape index (κ3) is 4.71. The highest BCUT2D eigenvalue weighted by Gasteiger charge is 2.37. The summed E-state index contributed by atoms with van der Waals surface area (Å²) in [6.07, 6.45) is 0.965. The molecule has 4 heterocycles. The molecule has 0 saturated carbocycles. The number of carbonyl (C=O) groups is 1. The number of hydrogen-bond donors (Lipinski definition) is 0. The van der Waals surface area contributed by atoms with Crippen molar-refractivity contribution >= 4 is 23.0 Å². The minimum atomic E-state index is -0.392. The van der Waals surface area contributed by atoms with Gasteiger partial charge >= 0.3 is 0 Å². The summed E-state index contributed by atoms with van der Waals surface area (Å²) in [4.78, 5) is 43.5. The number of methoxy groups -OCH3 is 1. The molecular formula is C29H31N5O5. The summed E-state index contributed by atoms with van der Waals surface area (Å²) in [5.41, 5.74) is 2.88. The fourth-order valence-electron chi connectivity index (χ4n) is 6.31. The number of aromatic nitrogens is 1. The van der Waals surface area contributed by atoms with Gasteiger partial charge in [-0.15, -0.1) is 0 Å². The number of benzene rings is 2. The zero-order valence-electron chi connectivity index (χ0n) is 21.9. The topological polar surface area (TPSA) is 101 Å². The Morgan fingerprint density at radius 3 is 2.44 bits per heavy atom. The van der Waals surface area contributed by atoms with Crippen LogP contribution in [-0.4, -0.2) is 66.7 Å². The Labute approximate surface area is 226 Å². The smallest absolute Gasteiger partial charge is 0.293 e. The fourth-order valence-corrected chi connectivity index (χ4v) is 6.31. The highest BCUT2D eigenvalue weighted by Crippen LogP contribution is 2.40. The zero-order valence-corrected chi connectivity index (χ0v) is 21.9. The van der Waals surface area contributed by atoms with Gasteiger partial charge in [-0.25, -0.2) is 0 Å². The molecule has 6 rings (SSSR count). The summed E-state index contributed by atoms with van der Waals surface area (Å²) in [6.45, 7) is 4.29. The van der Waals surface area contributed by atoms with E-state index in [4.69, 9.17) is 4.74 Å². The van der Waals surface area contributed by atoms with Gasteiger partial charge in [0, 0.05) is 80.8 Å². The van der Waals surface area contributed by atoms with E-state index >= 15 is 0 Å². The second-order valence-corrected chi connectivity index (χ2v) is 10.5. The SMILES string of the molecule is COc1ccc(N2CCN(C(=O)c3ccc(N4C[C@H]5C[C@@H](C4)c4cccc(=O)n4C5)c([N+](=O)[O-])c3)CC2)cc1. The molecule has 39 heavy (non-hydrogen) atoms. The predicted molar refractivity (Wildman–Crippen MR) is 148 cm³/mol. The van der Waals surface area contributed by atoms with E-state index in [0.29, 0.717) is 57.1 Å². The number of nitro benzene ring substituents is 1. The van der Waals surface area contributed by atoms with Gasteiger partial charge in [-0.1, -0.05) is 6.07 Å². The molecule has 2 aromatic carbocycles. The molecular weight excluding hydrogens is 498 g/mol. The summed E-state index contributed by atoms with van der Waals surface area (Å²) < 4.78 is 7.08. The van der Waals surface area contributed by atoms with Gasteiger partial charge in [0.25, 0.3) is 17.2 Å². The van der Waals surface area contributed by atoms with Crippen LogP contribution in [0.2, 0.25) is 0 Å². The van der Waals surface area contributed by atoms with Crippen LogP contribution in [0.15, 0.2) is 65.5 Å². The normalized spacial score (nSPS) is 20.4. The van der Waals surface area contributed by atoms with Crippen molar-refractivity contribution in [1.82, 2.24) is 9.47 Å². The molecule has 3 aliphatic heterocycles. The fraction of sp³-hybridized carbons (Fsp3) is 0.379. The van der Waals surface area contributed by atoms with E-state index in [1.54, 1.807) is 36.3 Å². The average molecular weight is 530 g/mol. The number of nitro groups is 1. The van der Waals surface area contributed by atoms with E-state index < -0.39 is 4.92 Å². The van der Waals surface area contributed by atoms with Crippen LogP contribution in [0.1, 0.15) is 28.4 Å². The first-order chi connectivity index (χ1) is 18.9. The molecule has 0 spiro atoms. The van der Waals surface area contributed by atoms with E-state index in [1.165, 1.54) is 6.07 Å². The van der Waals surface area contributed by atoms with Crippen molar-refractivity contribution in [1.29, 1.82) is 0 Å². The van der Waals surface area contributed by atoms with Gasteiger partial charge in [0.1, 0.15) is 11.4 Å². The van der Waals surface area contributed by atoms with Crippen LogP contribution >= 0.6 is 0 Å². The Balaban J connectivity index is 1.18. The molecule has 0 unspecified atom stereocenters. The molecule has 3 aromatic rings. The third-order valence-electron chi connectivity index (χ3n) is 8.24. The number of piperazine rings is 1. The Bertz CT molecular complexity index is 1460. The van der Waals surface area contributed by atoms with Crippen LogP contribution in [0.4, 0.5) is 17.1 Å². The molecule has 2 atom stereocenters. The number of fused-ring (bicyclic) bond motifs is 4. The number of amides is 1. The molecule has 1 amide bonds. The molecule has 2 bridgehead atoms. The van der Waals surface area contributed by atoms with Crippen molar-refractivity contribution in [2.24, 2.45) is 5.92 Å². The van der Waals surface area contributed by atoms with Gasteiger partial charge < -0.3 is 24.0 Å². The quantitative estimate of drug-likeness (QED) is 0.369. The van der Waals surface area contributed by atoms with Crippen molar-refractivity contribution in [2.45, 2.75) is 18.9 Å². The van der Waals surface area contributed by atoms with Crippen molar-refractivity contribution in [3.05, 3.63) is 92.4 Å². The van der Waals surface area contributed by atoms with Gasteiger partial charge in [-0.05, 0) is 54.8 Å². The van der Waals surface area contributed by atoms with E-state index in [1.807, 2.05) is 34.9 Å². The Kier molecular flexibility index (Phi) is 6.46. The molecule has 202 valence electrons. The van der Waals surface area contributed by atoms with Crippen molar-refractivity contribution in [3.63, 3.8) is 0 Å². The number of nitrogens with zero attached hydrogens (tertiary/aromatic N) is 5. The molecule has 3 aliphatic rings. The summed E-state index contributed by atoms with van der Waals surface area (Å²) in [5, 5.41) is 12.1. The summed E-state index contributed by atoms with van der Waals surface area (Å²) in [7, 11) is 1.64. The van der Waals surface area contributed by atoms with Crippen molar-refractivity contribution < 1.29 is 14.5 Å². The summed E-state index contributed by atoms with van der Waals surface area (Å²) >= 11 is 0. The summed E-state index contributed by atoms with van der Waals surface area (Å²) in [5.74, 6) is 0.974. The van der Waals surface area contributed by atoms with Crippen LogP contribution < -0.4 is 20.1 Å². The van der Waals surface area contributed by atoms with Gasteiger partial charge in [-0.3, -0.25) is 19.7 Å². The largest absolute Gasteiger partial charge is 0.497 e. The van der Waals surface area contributed by atoms with E-state index in [0.717, 1.165) is 23.6 Å². The lowest BCUT2D eigenvalue weighted by Gasteiger charge is -2.43. The highest BCUT2D eigenvalue weighted by atomic mass is 16.6. The lowest BCUT2D eigenvalue weighted by atomic mass is 9.83. The van der Waals surface area contributed by atoms with Crippen molar-refractivity contribution in [3.8, 4) is 5.75 Å². The molecule has 10 heteroatoms. The predicted octanol–water partition coefficient (Wildman–Crippen LogP) is 3.35. The first-order valence-corrected chi connectivity index (χ1v) is 13.3. The van der Waals surface area contributed by atoms with Gasteiger partial charge in [0.05, 0.1) is 12.0 Å². The minimum absolute atomic E-state index is 0.00864. The molecule has 0 N–H and O–H groups in total. The molecule has 2 saturated heterocycles. The number of ether oxygens (including phenoxy) is 1. The molecule has 1 aromatic heterocycles.